The van der Waals surface area contributed by atoms with Crippen molar-refractivity contribution in [3.63, 3.8) is 0 Å². The molecular weight excluding hydrogens is 368 g/mol. The van der Waals surface area contributed by atoms with E-state index in [0.717, 1.165) is 11.1 Å². The molecule has 4 nitrogen and oxygen atoms in total. The van der Waals surface area contributed by atoms with Crippen LogP contribution in [0.4, 0.5) is 5.69 Å². The molecule has 0 aliphatic carbocycles. The van der Waals surface area contributed by atoms with Crippen molar-refractivity contribution in [2.24, 2.45) is 0 Å². The highest BCUT2D eigenvalue weighted by Gasteiger charge is 2.21. The summed E-state index contributed by atoms with van der Waals surface area (Å²) in [5.41, 5.74) is 2.68. The van der Waals surface area contributed by atoms with Crippen molar-refractivity contribution in [2.75, 3.05) is 11.9 Å². The van der Waals surface area contributed by atoms with Gasteiger partial charge in [0.25, 0.3) is 5.17 Å². The molecule has 0 radical (unpaired) electrons. The summed E-state index contributed by atoms with van der Waals surface area (Å²) >= 11 is 17.5. The second-order valence-electron chi connectivity index (χ2n) is 5.39. The van der Waals surface area contributed by atoms with E-state index in [1.54, 1.807) is 11.9 Å². The topological polar surface area (TPSA) is 52.9 Å². The van der Waals surface area contributed by atoms with Gasteiger partial charge >= 0.3 is 7.12 Å². The van der Waals surface area contributed by atoms with E-state index in [2.05, 4.69) is 0 Å². The number of hydrogen-bond donors (Lipinski definition) is 2. The third-order valence-electron chi connectivity index (χ3n) is 3.51. The predicted octanol–water partition coefficient (Wildman–Crippen LogP) is 3.09. The van der Waals surface area contributed by atoms with Crippen LogP contribution in [0.2, 0.25) is 10.0 Å². The molecule has 0 bridgehead atoms. The lowest BCUT2D eigenvalue weighted by atomic mass is 9.80. The molecule has 126 valence electrons. The lowest BCUT2D eigenvalue weighted by Crippen LogP contribution is -2.34. The Labute approximate surface area is 156 Å². The fourth-order valence-corrected chi connectivity index (χ4v) is 2.98. The van der Waals surface area contributed by atoms with Crippen LogP contribution in [0.1, 0.15) is 11.1 Å². The minimum absolute atomic E-state index is 0.136. The molecule has 0 unspecified atom stereocenters. The zero-order valence-electron chi connectivity index (χ0n) is 13.4. The van der Waals surface area contributed by atoms with Gasteiger partial charge < -0.3 is 19.7 Å². The lowest BCUT2D eigenvalue weighted by Gasteiger charge is -2.23. The number of hydrogen-bond acceptors (Lipinski definition) is 4. The second-order valence-corrected chi connectivity index (χ2v) is 6.56. The Morgan fingerprint density at radius 3 is 2.38 bits per heavy atom. The van der Waals surface area contributed by atoms with Gasteiger partial charge in [-0.05, 0) is 49.8 Å². The van der Waals surface area contributed by atoms with E-state index in [1.165, 1.54) is 12.1 Å². The molecule has 0 heterocycles. The Hall–Kier alpha value is -1.31. The molecule has 0 amide bonds. The van der Waals surface area contributed by atoms with E-state index in [4.69, 9.17) is 40.2 Å². The highest BCUT2D eigenvalue weighted by atomic mass is 35.5. The fourth-order valence-electron chi connectivity index (χ4n) is 2.18. The normalized spacial score (nSPS) is 10.5. The highest BCUT2D eigenvalue weighted by Crippen LogP contribution is 2.28. The van der Waals surface area contributed by atoms with E-state index in [1.807, 2.05) is 32.0 Å². The molecule has 0 aliphatic heterocycles. The highest BCUT2D eigenvalue weighted by molar-refractivity contribution is 7.80. The number of anilines is 1. The minimum atomic E-state index is -1.71. The van der Waals surface area contributed by atoms with Crippen LogP contribution < -0.4 is 15.1 Å². The van der Waals surface area contributed by atoms with Crippen molar-refractivity contribution in [1.29, 1.82) is 0 Å². The molecule has 0 aromatic heterocycles. The summed E-state index contributed by atoms with van der Waals surface area (Å²) in [6.45, 7) is 3.93. The molecule has 2 aromatic carbocycles. The number of rotatable bonds is 3. The maximum atomic E-state index is 9.38. The zero-order chi connectivity index (χ0) is 18.0. The first-order chi connectivity index (χ1) is 11.2. The van der Waals surface area contributed by atoms with Crippen molar-refractivity contribution in [3.05, 3.63) is 51.5 Å². The van der Waals surface area contributed by atoms with E-state index < -0.39 is 7.12 Å². The van der Waals surface area contributed by atoms with Gasteiger partial charge in [0.15, 0.2) is 0 Å². The molecule has 0 aliphatic rings. The van der Waals surface area contributed by atoms with Crippen molar-refractivity contribution in [3.8, 4) is 5.75 Å². The number of halogens is 2. The first-order valence-electron chi connectivity index (χ1n) is 7.08. The molecule has 8 heteroatoms. The molecular formula is C16H16BCl2NO3S. The summed E-state index contributed by atoms with van der Waals surface area (Å²) < 4.78 is 5.74. The summed E-state index contributed by atoms with van der Waals surface area (Å²) in [4.78, 5) is 1.54. The average Bonchev–Trinajstić information content (AvgIpc) is 2.49. The van der Waals surface area contributed by atoms with Crippen LogP contribution in [0, 0.1) is 13.8 Å². The van der Waals surface area contributed by atoms with E-state index in [-0.39, 0.29) is 15.7 Å². The summed E-state index contributed by atoms with van der Waals surface area (Å²) in [6, 6.07) is 8.67. The van der Waals surface area contributed by atoms with Crippen LogP contribution in [0.5, 0.6) is 5.75 Å². The molecule has 2 aromatic rings. The number of aryl methyl sites for hydroxylation is 2. The molecule has 24 heavy (non-hydrogen) atoms. The predicted molar refractivity (Wildman–Crippen MR) is 104 cm³/mol. The van der Waals surface area contributed by atoms with Crippen molar-refractivity contribution >= 4 is 58.9 Å². The Morgan fingerprint density at radius 1 is 1.12 bits per heavy atom. The number of thiocarbonyl (C=S) groups is 1. The summed E-state index contributed by atoms with van der Waals surface area (Å²) in [6.07, 6.45) is 0. The van der Waals surface area contributed by atoms with Gasteiger partial charge in [0, 0.05) is 17.5 Å². The Morgan fingerprint density at radius 2 is 1.79 bits per heavy atom. The van der Waals surface area contributed by atoms with E-state index in [9.17, 15) is 10.0 Å². The van der Waals surface area contributed by atoms with E-state index in [0.29, 0.717) is 16.5 Å². The van der Waals surface area contributed by atoms with Gasteiger partial charge in [0.05, 0.1) is 10.7 Å². The molecule has 0 saturated heterocycles. The SMILES string of the molecule is Cc1ccc(OC(=S)N(C)c2cc(B(O)O)c(Cl)cc2Cl)c(C)c1. The quantitative estimate of drug-likeness (QED) is 0.630. The monoisotopic (exact) mass is 383 g/mol. The van der Waals surface area contributed by atoms with Gasteiger partial charge in [-0.1, -0.05) is 40.9 Å². The first kappa shape index (κ1) is 19.0. The van der Waals surface area contributed by atoms with Crippen molar-refractivity contribution in [1.82, 2.24) is 0 Å². The number of benzene rings is 2. The Balaban J connectivity index is 2.29. The average molecular weight is 384 g/mol. The molecule has 0 saturated carbocycles. The summed E-state index contributed by atoms with van der Waals surface area (Å²) in [7, 11) is -0.0372. The third kappa shape index (κ3) is 4.20. The van der Waals surface area contributed by atoms with Crippen LogP contribution in [0.15, 0.2) is 30.3 Å². The van der Waals surface area contributed by atoms with Crippen molar-refractivity contribution in [2.45, 2.75) is 13.8 Å². The smallest absolute Gasteiger partial charge is 0.431 e. The maximum Gasteiger partial charge on any atom is 0.490 e. The van der Waals surface area contributed by atoms with Gasteiger partial charge in [-0.3, -0.25) is 0 Å². The largest absolute Gasteiger partial charge is 0.490 e. The summed E-state index contributed by atoms with van der Waals surface area (Å²) in [5.74, 6) is 0.643. The lowest BCUT2D eigenvalue weighted by molar-refractivity contribution is 0.426. The van der Waals surface area contributed by atoms with Crippen LogP contribution in [-0.4, -0.2) is 29.4 Å². The van der Waals surface area contributed by atoms with Crippen molar-refractivity contribution < 1.29 is 14.8 Å². The molecule has 0 spiro atoms. The van der Waals surface area contributed by atoms with Crippen LogP contribution >= 0.6 is 35.4 Å². The Bertz CT molecular complexity index is 786. The van der Waals surface area contributed by atoms with Gasteiger partial charge in [-0.15, -0.1) is 0 Å². The molecule has 0 fully saturated rings. The van der Waals surface area contributed by atoms with Gasteiger partial charge in [-0.25, -0.2) is 0 Å². The fraction of sp³-hybridized carbons (Fsp3) is 0.188. The summed E-state index contributed by atoms with van der Waals surface area (Å²) in [5, 5.41) is 19.4. The van der Waals surface area contributed by atoms with Gasteiger partial charge in [-0.2, -0.15) is 0 Å². The van der Waals surface area contributed by atoms with Crippen LogP contribution in [0.25, 0.3) is 0 Å². The first-order valence-corrected chi connectivity index (χ1v) is 8.25. The molecule has 0 atom stereocenters. The van der Waals surface area contributed by atoms with Crippen LogP contribution in [0.3, 0.4) is 0 Å². The second kappa shape index (κ2) is 7.72. The molecule has 2 rings (SSSR count). The van der Waals surface area contributed by atoms with Gasteiger partial charge in [0.1, 0.15) is 5.75 Å². The number of ether oxygens (including phenoxy) is 1. The number of nitrogens with zero attached hydrogens (tertiary/aromatic N) is 1. The Kier molecular flexibility index (Phi) is 6.12. The zero-order valence-corrected chi connectivity index (χ0v) is 15.7. The van der Waals surface area contributed by atoms with E-state index >= 15 is 0 Å². The standard InChI is InChI=1S/C16H16BCl2NO3S/c1-9-4-5-15(10(2)6-9)23-16(24)20(3)14-7-11(17(21)22)12(18)8-13(14)19/h4-8,21-22H,1-3H3. The maximum absolute atomic E-state index is 9.38. The van der Waals surface area contributed by atoms with Crippen LogP contribution in [-0.2, 0) is 0 Å². The minimum Gasteiger partial charge on any atom is -0.431 e. The molecule has 2 N–H and O–H groups in total. The van der Waals surface area contributed by atoms with Gasteiger partial charge in [0.2, 0.25) is 0 Å². The third-order valence-corrected chi connectivity index (χ3v) is 4.49.